The van der Waals surface area contributed by atoms with Crippen molar-refractivity contribution in [3.63, 3.8) is 0 Å². The molecule has 1 saturated heterocycles. The second kappa shape index (κ2) is 5.95. The van der Waals surface area contributed by atoms with Gasteiger partial charge < -0.3 is 10.6 Å². The molecular formula is C17H22F2N2O. The second-order valence-corrected chi connectivity index (χ2v) is 6.50. The summed E-state index contributed by atoms with van der Waals surface area (Å²) in [4.78, 5) is 12.5. The van der Waals surface area contributed by atoms with Crippen LogP contribution in [0.3, 0.4) is 0 Å². The van der Waals surface area contributed by atoms with Gasteiger partial charge in [0.1, 0.15) is 11.6 Å². The molecule has 1 aliphatic heterocycles. The van der Waals surface area contributed by atoms with Crippen LogP contribution >= 0.6 is 0 Å². The average Bonchev–Trinajstić information content (AvgIpc) is 3.19. The van der Waals surface area contributed by atoms with Gasteiger partial charge in [-0.25, -0.2) is 8.78 Å². The van der Waals surface area contributed by atoms with Crippen LogP contribution in [0.4, 0.5) is 8.78 Å². The minimum Gasteiger partial charge on any atom is -0.349 e. The van der Waals surface area contributed by atoms with E-state index in [9.17, 15) is 13.6 Å². The van der Waals surface area contributed by atoms with Crippen LogP contribution in [0.2, 0.25) is 0 Å². The van der Waals surface area contributed by atoms with E-state index in [-0.39, 0.29) is 17.2 Å². The zero-order valence-electron chi connectivity index (χ0n) is 12.8. The van der Waals surface area contributed by atoms with Crippen molar-refractivity contribution in [2.45, 2.75) is 38.6 Å². The number of carbonyl (C=O) groups is 1. The summed E-state index contributed by atoms with van der Waals surface area (Å²) in [5.41, 5.74) is 0.520. The lowest BCUT2D eigenvalue weighted by atomic mass is 9.91. The summed E-state index contributed by atoms with van der Waals surface area (Å²) in [5.74, 6) is -1.14. The fourth-order valence-electron chi connectivity index (χ4n) is 3.65. The van der Waals surface area contributed by atoms with Crippen LogP contribution in [0.1, 0.15) is 44.2 Å². The first-order valence-corrected chi connectivity index (χ1v) is 8.02. The summed E-state index contributed by atoms with van der Waals surface area (Å²) < 4.78 is 26.9. The van der Waals surface area contributed by atoms with Gasteiger partial charge in [-0.1, -0.05) is 13.0 Å². The van der Waals surface area contributed by atoms with Gasteiger partial charge in [-0.2, -0.15) is 0 Å². The summed E-state index contributed by atoms with van der Waals surface area (Å²) in [6.07, 6.45) is 3.58. The molecule has 1 aliphatic carbocycles. The van der Waals surface area contributed by atoms with Gasteiger partial charge in [0.05, 0.1) is 6.04 Å². The number of piperidine rings is 1. The number of rotatable bonds is 4. The SMILES string of the molecule is CCC(NC(=O)C1CC12CCNCC2)c1ccc(F)cc1F. The molecule has 1 spiro atoms. The normalized spacial score (nSPS) is 24.0. The van der Waals surface area contributed by atoms with Crippen LogP contribution in [-0.4, -0.2) is 19.0 Å². The largest absolute Gasteiger partial charge is 0.349 e. The number of hydrogen-bond donors (Lipinski definition) is 2. The van der Waals surface area contributed by atoms with Gasteiger partial charge in [0.25, 0.3) is 0 Å². The number of benzene rings is 1. The molecule has 1 aromatic rings. The van der Waals surface area contributed by atoms with Crippen molar-refractivity contribution in [1.82, 2.24) is 10.6 Å². The number of nitrogens with one attached hydrogen (secondary N) is 2. The molecule has 5 heteroatoms. The first-order chi connectivity index (χ1) is 10.6. The maximum absolute atomic E-state index is 13.9. The Hall–Kier alpha value is -1.49. The molecule has 1 saturated carbocycles. The first-order valence-electron chi connectivity index (χ1n) is 8.02. The molecule has 120 valence electrons. The smallest absolute Gasteiger partial charge is 0.224 e. The van der Waals surface area contributed by atoms with Gasteiger partial charge in [-0.3, -0.25) is 4.79 Å². The molecular weight excluding hydrogens is 286 g/mol. The molecule has 1 aromatic carbocycles. The van der Waals surface area contributed by atoms with Gasteiger partial charge in [-0.15, -0.1) is 0 Å². The molecule has 3 nitrogen and oxygen atoms in total. The highest BCUT2D eigenvalue weighted by Crippen LogP contribution is 2.58. The zero-order chi connectivity index (χ0) is 15.7. The predicted molar refractivity (Wildman–Crippen MR) is 80.2 cm³/mol. The van der Waals surface area contributed by atoms with E-state index in [0.29, 0.717) is 12.0 Å². The summed E-state index contributed by atoms with van der Waals surface area (Å²) in [6.45, 7) is 3.82. The summed E-state index contributed by atoms with van der Waals surface area (Å²) in [5, 5.41) is 6.27. The Labute approximate surface area is 129 Å². The third-order valence-corrected chi connectivity index (χ3v) is 5.17. The Morgan fingerprint density at radius 3 is 2.77 bits per heavy atom. The van der Waals surface area contributed by atoms with Gasteiger partial charge in [0.15, 0.2) is 0 Å². The standard InChI is InChI=1S/C17H22F2N2O/c1-2-15(12-4-3-11(18)9-14(12)19)21-16(22)13-10-17(13)5-7-20-8-6-17/h3-4,9,13,15,20H,2,5-8,10H2,1H3,(H,21,22). The van der Waals surface area contributed by atoms with Crippen molar-refractivity contribution in [2.75, 3.05) is 13.1 Å². The Kier molecular flexibility index (Phi) is 4.17. The summed E-state index contributed by atoms with van der Waals surface area (Å²) >= 11 is 0. The third-order valence-electron chi connectivity index (χ3n) is 5.17. The molecule has 22 heavy (non-hydrogen) atoms. The molecule has 2 N–H and O–H groups in total. The van der Waals surface area contributed by atoms with Crippen molar-refractivity contribution >= 4 is 5.91 Å². The van der Waals surface area contributed by atoms with Crippen LogP contribution in [0.5, 0.6) is 0 Å². The molecule has 1 heterocycles. The van der Waals surface area contributed by atoms with Crippen molar-refractivity contribution in [3.05, 3.63) is 35.4 Å². The Morgan fingerprint density at radius 1 is 1.41 bits per heavy atom. The molecule has 0 aromatic heterocycles. The van der Waals surface area contributed by atoms with Gasteiger partial charge in [0, 0.05) is 17.5 Å². The van der Waals surface area contributed by atoms with E-state index >= 15 is 0 Å². The Morgan fingerprint density at radius 2 is 2.14 bits per heavy atom. The van der Waals surface area contributed by atoms with E-state index in [1.54, 1.807) is 0 Å². The maximum Gasteiger partial charge on any atom is 0.224 e. The Bertz CT molecular complexity index is 570. The maximum atomic E-state index is 13.9. The lowest BCUT2D eigenvalue weighted by Crippen LogP contribution is -2.35. The molecule has 0 bridgehead atoms. The average molecular weight is 308 g/mol. The molecule has 0 radical (unpaired) electrons. The molecule has 2 atom stereocenters. The molecule has 3 rings (SSSR count). The highest BCUT2D eigenvalue weighted by atomic mass is 19.1. The lowest BCUT2D eigenvalue weighted by Gasteiger charge is -2.24. The number of amides is 1. The first kappa shape index (κ1) is 15.4. The van der Waals surface area contributed by atoms with E-state index in [1.165, 1.54) is 12.1 Å². The highest BCUT2D eigenvalue weighted by molar-refractivity contribution is 5.83. The molecule has 2 fully saturated rings. The zero-order valence-corrected chi connectivity index (χ0v) is 12.8. The highest BCUT2D eigenvalue weighted by Gasteiger charge is 2.57. The Balaban J connectivity index is 1.67. The van der Waals surface area contributed by atoms with Gasteiger partial charge in [-0.05, 0) is 50.3 Å². The monoisotopic (exact) mass is 308 g/mol. The minimum absolute atomic E-state index is 0.0116. The number of carbonyl (C=O) groups excluding carboxylic acids is 1. The van der Waals surface area contributed by atoms with Crippen LogP contribution in [0.15, 0.2) is 18.2 Å². The van der Waals surface area contributed by atoms with E-state index in [2.05, 4.69) is 10.6 Å². The minimum atomic E-state index is -0.599. The quantitative estimate of drug-likeness (QED) is 0.898. The fourth-order valence-corrected chi connectivity index (χ4v) is 3.65. The van der Waals surface area contributed by atoms with Crippen LogP contribution in [-0.2, 0) is 4.79 Å². The van der Waals surface area contributed by atoms with Crippen molar-refractivity contribution < 1.29 is 13.6 Å². The predicted octanol–water partition coefficient (Wildman–Crippen LogP) is 2.92. The van der Waals surface area contributed by atoms with E-state index in [0.717, 1.165) is 38.4 Å². The third kappa shape index (κ3) is 2.86. The molecule has 1 amide bonds. The molecule has 2 unspecified atom stereocenters. The fraction of sp³-hybridized carbons (Fsp3) is 0.588. The van der Waals surface area contributed by atoms with E-state index in [1.807, 2.05) is 6.92 Å². The number of hydrogen-bond acceptors (Lipinski definition) is 2. The van der Waals surface area contributed by atoms with Crippen molar-refractivity contribution in [1.29, 1.82) is 0 Å². The van der Waals surface area contributed by atoms with E-state index < -0.39 is 17.7 Å². The van der Waals surface area contributed by atoms with Crippen LogP contribution in [0.25, 0.3) is 0 Å². The summed E-state index contributed by atoms with van der Waals surface area (Å²) in [7, 11) is 0. The van der Waals surface area contributed by atoms with Crippen LogP contribution < -0.4 is 10.6 Å². The van der Waals surface area contributed by atoms with E-state index in [4.69, 9.17) is 0 Å². The van der Waals surface area contributed by atoms with Gasteiger partial charge >= 0.3 is 0 Å². The van der Waals surface area contributed by atoms with Crippen LogP contribution in [0, 0.1) is 23.0 Å². The van der Waals surface area contributed by atoms with Crippen molar-refractivity contribution in [2.24, 2.45) is 11.3 Å². The van der Waals surface area contributed by atoms with Gasteiger partial charge in [0.2, 0.25) is 5.91 Å². The molecule has 2 aliphatic rings. The second-order valence-electron chi connectivity index (χ2n) is 6.50. The summed E-state index contributed by atoms with van der Waals surface area (Å²) in [6, 6.07) is 3.13. The van der Waals surface area contributed by atoms with Crippen molar-refractivity contribution in [3.8, 4) is 0 Å². The topological polar surface area (TPSA) is 41.1 Å². The number of halogens is 2. The lowest BCUT2D eigenvalue weighted by molar-refractivity contribution is -0.124.